The van der Waals surface area contributed by atoms with E-state index in [9.17, 15) is 9.90 Å². The van der Waals surface area contributed by atoms with Crippen molar-refractivity contribution >= 4 is 17.6 Å². The lowest BCUT2D eigenvalue weighted by Gasteiger charge is -2.26. The number of nitrogens with zero attached hydrogens (tertiary/aromatic N) is 2. The van der Waals surface area contributed by atoms with Crippen LogP contribution >= 0.6 is 11.6 Å². The summed E-state index contributed by atoms with van der Waals surface area (Å²) in [6.07, 6.45) is 3.75. The van der Waals surface area contributed by atoms with Crippen molar-refractivity contribution in [1.29, 1.82) is 0 Å². The van der Waals surface area contributed by atoms with Gasteiger partial charge in [-0.2, -0.15) is 5.10 Å². The van der Waals surface area contributed by atoms with Gasteiger partial charge in [0, 0.05) is 12.2 Å². The van der Waals surface area contributed by atoms with E-state index in [-0.39, 0.29) is 6.54 Å². The summed E-state index contributed by atoms with van der Waals surface area (Å²) in [7, 11) is 0. The van der Waals surface area contributed by atoms with Gasteiger partial charge in [0.05, 0.1) is 17.3 Å². The van der Waals surface area contributed by atoms with Crippen molar-refractivity contribution in [2.45, 2.75) is 44.8 Å². The Bertz CT molecular complexity index is 422. The Kier molecular flexibility index (Phi) is 3.14. The van der Waals surface area contributed by atoms with Gasteiger partial charge in [-0.1, -0.05) is 11.6 Å². The average molecular weight is 258 g/mol. The minimum absolute atomic E-state index is 0.270. The van der Waals surface area contributed by atoms with Crippen LogP contribution in [0.25, 0.3) is 0 Å². The summed E-state index contributed by atoms with van der Waals surface area (Å²) in [5.41, 5.74) is -0.283. The number of carbonyl (C=O) groups is 1. The van der Waals surface area contributed by atoms with Gasteiger partial charge in [0.1, 0.15) is 5.54 Å². The number of rotatable bonds is 5. The van der Waals surface area contributed by atoms with Crippen LogP contribution in [0.15, 0.2) is 6.20 Å². The lowest BCUT2D eigenvalue weighted by molar-refractivity contribution is -0.145. The average Bonchev–Trinajstić information content (AvgIpc) is 2.95. The van der Waals surface area contributed by atoms with Crippen LogP contribution in [0.3, 0.4) is 0 Å². The highest BCUT2D eigenvalue weighted by molar-refractivity contribution is 6.31. The van der Waals surface area contributed by atoms with Crippen LogP contribution in [0.5, 0.6) is 0 Å². The highest BCUT2D eigenvalue weighted by Gasteiger charge is 2.39. The molecule has 17 heavy (non-hydrogen) atoms. The molecule has 1 aromatic heterocycles. The lowest BCUT2D eigenvalue weighted by atomic mass is 10.0. The van der Waals surface area contributed by atoms with Crippen molar-refractivity contribution in [1.82, 2.24) is 15.1 Å². The first kappa shape index (κ1) is 12.4. The quantitative estimate of drug-likeness (QED) is 0.838. The van der Waals surface area contributed by atoms with Crippen LogP contribution in [0.4, 0.5) is 0 Å². The van der Waals surface area contributed by atoms with E-state index >= 15 is 0 Å². The summed E-state index contributed by atoms with van der Waals surface area (Å²) >= 11 is 5.90. The van der Waals surface area contributed by atoms with Crippen LogP contribution in [0.1, 0.15) is 25.5 Å². The first-order valence-corrected chi connectivity index (χ1v) is 5.99. The minimum Gasteiger partial charge on any atom is -0.480 e. The summed E-state index contributed by atoms with van der Waals surface area (Å²) in [6, 6.07) is 0.322. The third-order valence-corrected chi connectivity index (χ3v) is 3.31. The summed E-state index contributed by atoms with van der Waals surface area (Å²) in [6.45, 7) is 3.75. The van der Waals surface area contributed by atoms with E-state index in [0.29, 0.717) is 16.8 Å². The van der Waals surface area contributed by atoms with E-state index in [1.165, 1.54) is 0 Å². The second-order valence-electron chi connectivity index (χ2n) is 4.82. The molecule has 6 heteroatoms. The molecular formula is C11H16ClN3O2. The number of carboxylic acids is 1. The molecule has 1 aliphatic rings. The first-order valence-electron chi connectivity index (χ1n) is 5.61. The largest absolute Gasteiger partial charge is 0.480 e. The van der Waals surface area contributed by atoms with Gasteiger partial charge in [0.15, 0.2) is 0 Å². The molecule has 0 aromatic carbocycles. The Morgan fingerprint density at radius 3 is 2.82 bits per heavy atom. The maximum atomic E-state index is 11.3. The van der Waals surface area contributed by atoms with Crippen LogP contribution in [0.2, 0.25) is 5.02 Å². The maximum Gasteiger partial charge on any atom is 0.325 e. The van der Waals surface area contributed by atoms with Gasteiger partial charge in [-0.25, -0.2) is 0 Å². The zero-order valence-electron chi connectivity index (χ0n) is 9.90. The predicted molar refractivity (Wildman–Crippen MR) is 64.2 cm³/mol. The van der Waals surface area contributed by atoms with Crippen molar-refractivity contribution in [3.63, 3.8) is 0 Å². The molecule has 1 saturated carbocycles. The van der Waals surface area contributed by atoms with Gasteiger partial charge >= 0.3 is 5.97 Å². The van der Waals surface area contributed by atoms with E-state index in [2.05, 4.69) is 10.4 Å². The molecular weight excluding hydrogens is 242 g/mol. The summed E-state index contributed by atoms with van der Waals surface area (Å²) in [4.78, 5) is 11.3. The van der Waals surface area contributed by atoms with Crippen molar-refractivity contribution < 1.29 is 9.90 Å². The van der Waals surface area contributed by atoms with Gasteiger partial charge in [0.2, 0.25) is 0 Å². The molecule has 1 heterocycles. The summed E-state index contributed by atoms with van der Waals surface area (Å²) in [5.74, 6) is -0.867. The number of carboxylic acid groups (broad SMARTS) is 1. The number of nitrogens with one attached hydrogen (secondary N) is 1. The zero-order valence-corrected chi connectivity index (χ0v) is 10.7. The van der Waals surface area contributed by atoms with Crippen molar-refractivity contribution in [2.75, 3.05) is 0 Å². The zero-order chi connectivity index (χ0) is 12.6. The fourth-order valence-electron chi connectivity index (χ4n) is 1.75. The standard InChI is InChI=1S/C11H16ClN3O2/c1-7-9(12)5-15(14-7)6-11(2,10(16)17)13-8-3-4-8/h5,8,13H,3-4,6H2,1-2H3,(H,16,17). The van der Waals surface area contributed by atoms with Crippen LogP contribution in [0, 0.1) is 6.92 Å². The van der Waals surface area contributed by atoms with E-state index in [0.717, 1.165) is 12.8 Å². The van der Waals surface area contributed by atoms with Crippen LogP contribution < -0.4 is 5.32 Å². The molecule has 0 spiro atoms. The first-order chi connectivity index (χ1) is 7.90. The molecule has 1 unspecified atom stereocenters. The molecule has 0 radical (unpaired) electrons. The number of aliphatic carboxylic acids is 1. The van der Waals surface area contributed by atoms with Crippen molar-refractivity contribution in [3.05, 3.63) is 16.9 Å². The molecule has 1 atom stereocenters. The fraction of sp³-hybridized carbons (Fsp3) is 0.636. The van der Waals surface area contributed by atoms with E-state index < -0.39 is 11.5 Å². The Morgan fingerprint density at radius 2 is 2.41 bits per heavy atom. The second kappa shape index (κ2) is 4.31. The third-order valence-electron chi connectivity index (χ3n) is 2.94. The Labute approximate surface area is 105 Å². The van der Waals surface area contributed by atoms with E-state index in [4.69, 9.17) is 11.6 Å². The van der Waals surface area contributed by atoms with Gasteiger partial charge in [-0.15, -0.1) is 0 Å². The molecule has 1 fully saturated rings. The smallest absolute Gasteiger partial charge is 0.325 e. The Balaban J connectivity index is 2.13. The molecule has 5 nitrogen and oxygen atoms in total. The van der Waals surface area contributed by atoms with Crippen LogP contribution in [-0.2, 0) is 11.3 Å². The second-order valence-corrected chi connectivity index (χ2v) is 5.22. The molecule has 1 aromatic rings. The van der Waals surface area contributed by atoms with Gasteiger partial charge in [-0.3, -0.25) is 14.8 Å². The molecule has 94 valence electrons. The molecule has 2 rings (SSSR count). The van der Waals surface area contributed by atoms with E-state index in [1.54, 1.807) is 24.7 Å². The van der Waals surface area contributed by atoms with Crippen molar-refractivity contribution in [2.24, 2.45) is 0 Å². The van der Waals surface area contributed by atoms with Gasteiger partial charge in [-0.05, 0) is 26.7 Å². The van der Waals surface area contributed by atoms with Crippen LogP contribution in [-0.4, -0.2) is 32.4 Å². The topological polar surface area (TPSA) is 67.2 Å². The number of aryl methyl sites for hydroxylation is 1. The fourth-order valence-corrected chi connectivity index (χ4v) is 1.90. The molecule has 0 saturated heterocycles. The molecule has 0 amide bonds. The SMILES string of the molecule is Cc1nn(CC(C)(NC2CC2)C(=O)O)cc1Cl. The number of halogens is 1. The highest BCUT2D eigenvalue weighted by Crippen LogP contribution is 2.24. The minimum atomic E-state index is -0.997. The third kappa shape index (κ3) is 2.79. The van der Waals surface area contributed by atoms with Gasteiger partial charge < -0.3 is 5.11 Å². The normalized spacial score (nSPS) is 19.0. The molecule has 0 aliphatic heterocycles. The molecule has 2 N–H and O–H groups in total. The maximum absolute atomic E-state index is 11.3. The summed E-state index contributed by atoms with van der Waals surface area (Å²) in [5, 5.41) is 17.2. The molecule has 1 aliphatic carbocycles. The Morgan fingerprint density at radius 1 is 1.76 bits per heavy atom. The van der Waals surface area contributed by atoms with Gasteiger partial charge in [0.25, 0.3) is 0 Å². The number of hydrogen-bond donors (Lipinski definition) is 2. The Hall–Kier alpha value is -1.07. The number of hydrogen-bond acceptors (Lipinski definition) is 3. The number of aromatic nitrogens is 2. The lowest BCUT2D eigenvalue weighted by Crippen LogP contribution is -2.53. The monoisotopic (exact) mass is 257 g/mol. The summed E-state index contributed by atoms with van der Waals surface area (Å²) < 4.78 is 1.58. The predicted octanol–water partition coefficient (Wildman–Crippen LogP) is 1.44. The van der Waals surface area contributed by atoms with E-state index in [1.807, 2.05) is 0 Å². The van der Waals surface area contributed by atoms with Crippen molar-refractivity contribution in [3.8, 4) is 0 Å². The molecule has 0 bridgehead atoms. The highest BCUT2D eigenvalue weighted by atomic mass is 35.5.